The average Bonchev–Trinajstić information content (AvgIpc) is 3.28. The van der Waals surface area contributed by atoms with E-state index in [4.69, 9.17) is 9.47 Å². The molecular weight excluding hydrogens is 376 g/mol. The van der Waals surface area contributed by atoms with Crippen LogP contribution in [0.25, 0.3) is 0 Å². The van der Waals surface area contributed by atoms with E-state index in [2.05, 4.69) is 11.4 Å². The Labute approximate surface area is 169 Å². The highest BCUT2D eigenvalue weighted by Crippen LogP contribution is 2.52. The number of benzene rings is 1. The molecule has 4 rings (SSSR count). The molecule has 1 aliphatic carbocycles. The summed E-state index contributed by atoms with van der Waals surface area (Å²) in [7, 11) is 3.09. The van der Waals surface area contributed by atoms with E-state index in [-0.39, 0.29) is 17.2 Å². The van der Waals surface area contributed by atoms with E-state index in [1.807, 2.05) is 12.1 Å². The molecule has 1 aromatic carbocycles. The van der Waals surface area contributed by atoms with Crippen LogP contribution in [0.5, 0.6) is 11.5 Å². The molecule has 0 aromatic heterocycles. The van der Waals surface area contributed by atoms with E-state index in [1.165, 1.54) is 25.5 Å². The third-order valence-electron chi connectivity index (χ3n) is 5.73. The van der Waals surface area contributed by atoms with Crippen molar-refractivity contribution in [2.75, 3.05) is 26.5 Å². The van der Waals surface area contributed by atoms with Gasteiger partial charge in [0.25, 0.3) is 5.91 Å². The zero-order valence-corrected chi connectivity index (χ0v) is 17.1. The van der Waals surface area contributed by atoms with Gasteiger partial charge in [-0.25, -0.2) is 0 Å². The molecule has 2 aliphatic heterocycles. The van der Waals surface area contributed by atoms with Crippen LogP contribution in [0.15, 0.2) is 23.8 Å². The lowest BCUT2D eigenvalue weighted by molar-refractivity contribution is -0.124. The molecule has 150 valence electrons. The number of hydrogen-bond acceptors (Lipinski definition) is 5. The number of carbonyl (C=O) groups excluding carboxylic acids is 2. The molecule has 0 spiro atoms. The van der Waals surface area contributed by atoms with E-state index in [0.717, 1.165) is 24.8 Å². The molecule has 7 heteroatoms. The van der Waals surface area contributed by atoms with Crippen LogP contribution in [0.1, 0.15) is 53.4 Å². The van der Waals surface area contributed by atoms with Gasteiger partial charge in [0.2, 0.25) is 5.91 Å². The molecule has 1 saturated heterocycles. The van der Waals surface area contributed by atoms with Gasteiger partial charge in [-0.15, -0.1) is 11.8 Å². The fourth-order valence-corrected chi connectivity index (χ4v) is 5.75. The van der Waals surface area contributed by atoms with Crippen molar-refractivity contribution < 1.29 is 19.1 Å². The monoisotopic (exact) mass is 402 g/mol. The minimum atomic E-state index is -0.453. The van der Waals surface area contributed by atoms with E-state index < -0.39 is 6.04 Å². The van der Waals surface area contributed by atoms with Crippen molar-refractivity contribution in [3.63, 3.8) is 0 Å². The van der Waals surface area contributed by atoms with Gasteiger partial charge in [0.15, 0.2) is 11.5 Å². The maximum atomic E-state index is 13.1. The van der Waals surface area contributed by atoms with Crippen LogP contribution in [0, 0.1) is 0 Å². The normalized spacial score (nSPS) is 23.1. The van der Waals surface area contributed by atoms with Crippen LogP contribution in [0.3, 0.4) is 0 Å². The molecule has 1 fully saturated rings. The molecule has 1 N–H and O–H groups in total. The van der Waals surface area contributed by atoms with Crippen LogP contribution < -0.4 is 14.8 Å². The Bertz CT molecular complexity index is 823. The standard InChI is InChI=1S/C21H26N2O4S/c1-26-16-9-8-14-17(18(16)27-2)20(25)23-15(12-28-21(14)23)19(24)22-11-10-13-6-4-3-5-7-13/h6,8-9,15,21H,3-5,7,10-12H2,1-2H3,(H,22,24)/t15-,21+/m1/s1. The van der Waals surface area contributed by atoms with Gasteiger partial charge in [0.05, 0.1) is 19.8 Å². The fraction of sp³-hybridized carbons (Fsp3) is 0.524. The minimum Gasteiger partial charge on any atom is -0.493 e. The summed E-state index contributed by atoms with van der Waals surface area (Å²) in [6.45, 7) is 0.628. The number of fused-ring (bicyclic) bond motifs is 3. The lowest BCUT2D eigenvalue weighted by Gasteiger charge is -2.23. The molecule has 1 aromatic rings. The number of methoxy groups -OCH3 is 2. The molecule has 2 heterocycles. The first-order valence-electron chi connectivity index (χ1n) is 9.80. The van der Waals surface area contributed by atoms with Gasteiger partial charge in [-0.05, 0) is 38.2 Å². The highest BCUT2D eigenvalue weighted by molar-refractivity contribution is 7.99. The lowest BCUT2D eigenvalue weighted by atomic mass is 9.97. The Balaban J connectivity index is 1.46. The highest BCUT2D eigenvalue weighted by Gasteiger charge is 2.50. The third kappa shape index (κ3) is 3.26. The van der Waals surface area contributed by atoms with Crippen molar-refractivity contribution >= 4 is 23.6 Å². The predicted octanol–water partition coefficient (Wildman–Crippen LogP) is 3.28. The highest BCUT2D eigenvalue weighted by atomic mass is 32.2. The molecule has 28 heavy (non-hydrogen) atoms. The van der Waals surface area contributed by atoms with Crippen LogP contribution >= 0.6 is 11.8 Å². The first-order valence-corrected chi connectivity index (χ1v) is 10.8. The van der Waals surface area contributed by atoms with E-state index >= 15 is 0 Å². The van der Waals surface area contributed by atoms with Crippen LogP contribution in [-0.4, -0.2) is 49.3 Å². The molecule has 0 unspecified atom stereocenters. The first-order chi connectivity index (χ1) is 13.7. The molecule has 0 saturated carbocycles. The number of nitrogens with zero attached hydrogens (tertiary/aromatic N) is 1. The number of rotatable bonds is 6. The molecule has 6 nitrogen and oxygen atoms in total. The Morgan fingerprint density at radius 3 is 2.86 bits per heavy atom. The quantitative estimate of drug-likeness (QED) is 0.740. The van der Waals surface area contributed by atoms with Crippen molar-refractivity contribution in [1.29, 1.82) is 0 Å². The molecule has 2 amide bonds. The topological polar surface area (TPSA) is 67.9 Å². The van der Waals surface area contributed by atoms with Crippen molar-refractivity contribution in [3.05, 3.63) is 34.9 Å². The second-order valence-corrected chi connectivity index (χ2v) is 8.44. The van der Waals surface area contributed by atoms with Crippen LogP contribution in [0.2, 0.25) is 0 Å². The van der Waals surface area contributed by atoms with Gasteiger partial charge in [-0.1, -0.05) is 17.7 Å². The second kappa shape index (κ2) is 8.07. The number of allylic oxidation sites excluding steroid dienone is 1. The van der Waals surface area contributed by atoms with Gasteiger partial charge in [0.1, 0.15) is 11.4 Å². The summed E-state index contributed by atoms with van der Waals surface area (Å²) in [4.78, 5) is 27.7. The van der Waals surface area contributed by atoms with Gasteiger partial charge < -0.3 is 19.7 Å². The molecule has 0 bridgehead atoms. The fourth-order valence-electron chi connectivity index (χ4n) is 4.29. The molecular formula is C21H26N2O4S. The van der Waals surface area contributed by atoms with Crippen molar-refractivity contribution in [2.45, 2.75) is 43.5 Å². The number of amides is 2. The lowest BCUT2D eigenvalue weighted by Crippen LogP contribution is -2.46. The van der Waals surface area contributed by atoms with Crippen LogP contribution in [0.4, 0.5) is 0 Å². The Hall–Kier alpha value is -2.15. The largest absolute Gasteiger partial charge is 0.493 e. The smallest absolute Gasteiger partial charge is 0.260 e. The van der Waals surface area contributed by atoms with Crippen molar-refractivity contribution in [2.24, 2.45) is 0 Å². The second-order valence-electron chi connectivity index (χ2n) is 7.33. The van der Waals surface area contributed by atoms with E-state index in [0.29, 0.717) is 29.4 Å². The summed E-state index contributed by atoms with van der Waals surface area (Å²) < 4.78 is 10.8. The van der Waals surface area contributed by atoms with E-state index in [9.17, 15) is 9.59 Å². The maximum absolute atomic E-state index is 13.1. The zero-order valence-electron chi connectivity index (χ0n) is 16.3. The summed E-state index contributed by atoms with van der Waals surface area (Å²) in [6.07, 6.45) is 8.00. The minimum absolute atomic E-state index is 0.0708. The van der Waals surface area contributed by atoms with Gasteiger partial charge in [-0.2, -0.15) is 0 Å². The third-order valence-corrected chi connectivity index (χ3v) is 7.03. The number of thioether (sulfide) groups is 1. The molecule has 0 radical (unpaired) electrons. The Kier molecular flexibility index (Phi) is 5.53. The number of ether oxygens (including phenoxy) is 2. The summed E-state index contributed by atoms with van der Waals surface area (Å²) in [6, 6.07) is 3.27. The molecule has 3 aliphatic rings. The number of hydrogen-bond donors (Lipinski definition) is 1. The molecule has 2 atom stereocenters. The zero-order chi connectivity index (χ0) is 19.7. The van der Waals surface area contributed by atoms with Crippen molar-refractivity contribution in [1.82, 2.24) is 10.2 Å². The van der Waals surface area contributed by atoms with E-state index in [1.54, 1.807) is 23.8 Å². The predicted molar refractivity (Wildman–Crippen MR) is 109 cm³/mol. The van der Waals surface area contributed by atoms with Crippen molar-refractivity contribution in [3.8, 4) is 11.5 Å². The summed E-state index contributed by atoms with van der Waals surface area (Å²) in [5.74, 6) is 1.36. The Morgan fingerprint density at radius 2 is 2.14 bits per heavy atom. The summed E-state index contributed by atoms with van der Waals surface area (Å²) in [5, 5.41) is 2.90. The van der Waals surface area contributed by atoms with Gasteiger partial charge in [-0.3, -0.25) is 9.59 Å². The summed E-state index contributed by atoms with van der Waals surface area (Å²) in [5.41, 5.74) is 2.85. The Morgan fingerprint density at radius 1 is 1.29 bits per heavy atom. The average molecular weight is 403 g/mol. The SMILES string of the molecule is COc1ccc2c(c1OC)C(=O)N1[C@@H](C(=O)NCCC3=CCCCC3)CS[C@@H]21. The number of carbonyl (C=O) groups is 2. The van der Waals surface area contributed by atoms with Crippen LogP contribution in [-0.2, 0) is 4.79 Å². The van der Waals surface area contributed by atoms with Gasteiger partial charge >= 0.3 is 0 Å². The maximum Gasteiger partial charge on any atom is 0.260 e. The number of nitrogens with one attached hydrogen (secondary N) is 1. The van der Waals surface area contributed by atoms with Gasteiger partial charge in [0, 0.05) is 17.9 Å². The summed E-state index contributed by atoms with van der Waals surface area (Å²) >= 11 is 1.63. The first kappa shape index (κ1) is 19.2.